The number of amides is 1. The highest BCUT2D eigenvalue weighted by atomic mass is 16.4. The molecule has 0 saturated carbocycles. The van der Waals surface area contributed by atoms with Crippen LogP contribution in [0.5, 0.6) is 0 Å². The van der Waals surface area contributed by atoms with Crippen molar-refractivity contribution in [3.8, 4) is 0 Å². The van der Waals surface area contributed by atoms with E-state index in [1.165, 1.54) is 18.3 Å². The first-order valence-corrected chi connectivity index (χ1v) is 6.03. The van der Waals surface area contributed by atoms with Gasteiger partial charge in [-0.15, -0.1) is 0 Å². The molecule has 7 nitrogen and oxygen atoms in total. The largest absolute Gasteiger partial charge is 0.422 e. The molecule has 3 rings (SSSR count). The fourth-order valence-electron chi connectivity index (χ4n) is 1.85. The summed E-state index contributed by atoms with van der Waals surface area (Å²) in [5, 5.41) is 3.04. The van der Waals surface area contributed by atoms with E-state index >= 15 is 0 Å². The minimum absolute atomic E-state index is 0.146. The van der Waals surface area contributed by atoms with Crippen molar-refractivity contribution in [3.63, 3.8) is 0 Å². The lowest BCUT2D eigenvalue weighted by atomic mass is 10.2. The van der Waals surface area contributed by atoms with Gasteiger partial charge in [0.15, 0.2) is 0 Å². The van der Waals surface area contributed by atoms with Crippen molar-refractivity contribution in [1.82, 2.24) is 9.97 Å². The first-order valence-electron chi connectivity index (χ1n) is 6.03. The zero-order valence-electron chi connectivity index (χ0n) is 10.6. The van der Waals surface area contributed by atoms with Crippen LogP contribution < -0.4 is 16.6 Å². The predicted molar refractivity (Wildman–Crippen MR) is 75.3 cm³/mol. The third kappa shape index (κ3) is 2.57. The molecule has 2 heterocycles. The highest BCUT2D eigenvalue weighted by molar-refractivity contribution is 6.04. The molecule has 2 N–H and O–H groups in total. The van der Waals surface area contributed by atoms with Crippen LogP contribution in [0.4, 0.5) is 5.82 Å². The summed E-state index contributed by atoms with van der Waals surface area (Å²) in [5.41, 5.74) is -1.09. The van der Waals surface area contributed by atoms with Crippen molar-refractivity contribution in [3.05, 3.63) is 69.1 Å². The standard InChI is InChI=1S/C14H9N3O4/c18-12(16-11-5-6-15-14(20)17-11)9-7-8-3-1-2-4-10(8)21-13(9)19/h1-7H,(H2,15,16,17,18,20). The Labute approximate surface area is 117 Å². The predicted octanol–water partition coefficient (Wildman–Crippen LogP) is 1.13. The number of carbonyl (C=O) groups excluding carboxylic acids is 1. The first-order chi connectivity index (χ1) is 10.1. The number of H-pyrrole nitrogens is 1. The number of nitrogens with zero attached hydrogens (tertiary/aromatic N) is 1. The second-order valence-electron chi connectivity index (χ2n) is 4.23. The molecule has 0 fully saturated rings. The number of benzene rings is 1. The maximum atomic E-state index is 12.1. The number of nitrogens with one attached hydrogen (secondary N) is 2. The van der Waals surface area contributed by atoms with Gasteiger partial charge in [0.1, 0.15) is 17.0 Å². The third-order valence-corrected chi connectivity index (χ3v) is 2.81. The number of aromatic nitrogens is 2. The molecule has 0 spiro atoms. The molecule has 7 heteroatoms. The summed E-state index contributed by atoms with van der Waals surface area (Å²) in [6, 6.07) is 9.71. The van der Waals surface area contributed by atoms with Gasteiger partial charge < -0.3 is 9.73 Å². The number of carbonyl (C=O) groups is 1. The molecule has 3 aromatic rings. The molecular weight excluding hydrogens is 274 g/mol. The summed E-state index contributed by atoms with van der Waals surface area (Å²) < 4.78 is 5.07. The van der Waals surface area contributed by atoms with Crippen LogP contribution in [0, 0.1) is 0 Å². The summed E-state index contributed by atoms with van der Waals surface area (Å²) in [7, 11) is 0. The number of aromatic amines is 1. The average Bonchev–Trinajstić information content (AvgIpc) is 2.46. The van der Waals surface area contributed by atoms with Crippen molar-refractivity contribution in [2.24, 2.45) is 0 Å². The van der Waals surface area contributed by atoms with Gasteiger partial charge >= 0.3 is 11.3 Å². The van der Waals surface area contributed by atoms with E-state index in [2.05, 4.69) is 15.3 Å². The average molecular weight is 283 g/mol. The molecule has 0 aliphatic carbocycles. The van der Waals surface area contributed by atoms with Gasteiger partial charge in [0.25, 0.3) is 5.91 Å². The second-order valence-corrected chi connectivity index (χ2v) is 4.23. The lowest BCUT2D eigenvalue weighted by Crippen LogP contribution is -2.22. The Morgan fingerprint density at radius 1 is 1.19 bits per heavy atom. The molecule has 0 aliphatic heterocycles. The summed E-state index contributed by atoms with van der Waals surface area (Å²) >= 11 is 0. The number of hydrogen-bond acceptors (Lipinski definition) is 5. The topological polar surface area (TPSA) is 105 Å². The normalized spacial score (nSPS) is 10.5. The summed E-state index contributed by atoms with van der Waals surface area (Å²) in [6.07, 6.45) is 1.25. The van der Waals surface area contributed by atoms with E-state index in [1.807, 2.05) is 0 Å². The first kappa shape index (κ1) is 12.8. The number of anilines is 1. The Morgan fingerprint density at radius 2 is 2.00 bits per heavy atom. The minimum atomic E-state index is -0.748. The lowest BCUT2D eigenvalue weighted by molar-refractivity contribution is 0.102. The minimum Gasteiger partial charge on any atom is -0.422 e. The highest BCUT2D eigenvalue weighted by Gasteiger charge is 2.14. The van der Waals surface area contributed by atoms with Gasteiger partial charge in [-0.05, 0) is 18.2 Å². The van der Waals surface area contributed by atoms with E-state index in [0.717, 1.165) is 0 Å². The van der Waals surface area contributed by atoms with E-state index in [-0.39, 0.29) is 11.4 Å². The molecule has 21 heavy (non-hydrogen) atoms. The Kier molecular flexibility index (Phi) is 3.07. The monoisotopic (exact) mass is 283 g/mol. The smallest absolute Gasteiger partial charge is 0.349 e. The van der Waals surface area contributed by atoms with Crippen molar-refractivity contribution in [2.45, 2.75) is 0 Å². The van der Waals surface area contributed by atoms with Gasteiger partial charge in [-0.3, -0.25) is 9.78 Å². The molecule has 0 atom stereocenters. The molecule has 0 bridgehead atoms. The molecule has 0 aliphatic rings. The summed E-state index contributed by atoms with van der Waals surface area (Å²) in [5.74, 6) is -0.524. The van der Waals surface area contributed by atoms with Crippen molar-refractivity contribution >= 4 is 22.7 Å². The maximum Gasteiger partial charge on any atom is 0.349 e. The van der Waals surface area contributed by atoms with Gasteiger partial charge in [0, 0.05) is 11.6 Å². The third-order valence-electron chi connectivity index (χ3n) is 2.81. The Balaban J connectivity index is 2.00. The van der Waals surface area contributed by atoms with E-state index in [0.29, 0.717) is 11.0 Å². The van der Waals surface area contributed by atoms with Crippen molar-refractivity contribution < 1.29 is 9.21 Å². The van der Waals surface area contributed by atoms with E-state index in [4.69, 9.17) is 4.42 Å². The second kappa shape index (κ2) is 5.04. The Morgan fingerprint density at radius 3 is 2.81 bits per heavy atom. The fraction of sp³-hybridized carbons (Fsp3) is 0. The molecule has 0 radical (unpaired) electrons. The van der Waals surface area contributed by atoms with Crippen LogP contribution in [0.15, 0.2) is 56.6 Å². The van der Waals surface area contributed by atoms with Crippen molar-refractivity contribution in [1.29, 1.82) is 0 Å². The maximum absolute atomic E-state index is 12.1. The van der Waals surface area contributed by atoms with Crippen molar-refractivity contribution in [2.75, 3.05) is 5.32 Å². The molecular formula is C14H9N3O4. The molecule has 1 aromatic carbocycles. The zero-order chi connectivity index (χ0) is 14.8. The lowest BCUT2D eigenvalue weighted by Gasteiger charge is -2.04. The Hall–Kier alpha value is -3.22. The fourth-order valence-corrected chi connectivity index (χ4v) is 1.85. The van der Waals surface area contributed by atoms with Gasteiger partial charge in [-0.2, -0.15) is 0 Å². The van der Waals surface area contributed by atoms with Gasteiger partial charge in [-0.25, -0.2) is 14.6 Å². The quantitative estimate of drug-likeness (QED) is 0.686. The number of fused-ring (bicyclic) bond motifs is 1. The summed E-state index contributed by atoms with van der Waals surface area (Å²) in [4.78, 5) is 40.7. The summed E-state index contributed by atoms with van der Waals surface area (Å²) in [6.45, 7) is 0. The number of rotatable bonds is 2. The number of para-hydroxylation sites is 1. The molecule has 2 aromatic heterocycles. The zero-order valence-corrected chi connectivity index (χ0v) is 10.6. The van der Waals surface area contributed by atoms with Crippen LogP contribution in [-0.2, 0) is 0 Å². The molecule has 0 unspecified atom stereocenters. The van der Waals surface area contributed by atoms with Crippen LogP contribution in [-0.4, -0.2) is 15.9 Å². The highest BCUT2D eigenvalue weighted by Crippen LogP contribution is 2.13. The van der Waals surface area contributed by atoms with Gasteiger partial charge in [0.2, 0.25) is 0 Å². The van der Waals surface area contributed by atoms with Crippen LogP contribution in [0.3, 0.4) is 0 Å². The van der Waals surface area contributed by atoms with E-state index in [9.17, 15) is 14.4 Å². The van der Waals surface area contributed by atoms with E-state index in [1.54, 1.807) is 24.3 Å². The molecule has 1 amide bonds. The van der Waals surface area contributed by atoms with Crippen LogP contribution >= 0.6 is 0 Å². The van der Waals surface area contributed by atoms with E-state index < -0.39 is 17.2 Å². The molecule has 104 valence electrons. The molecule has 0 saturated heterocycles. The van der Waals surface area contributed by atoms with Crippen LogP contribution in [0.25, 0.3) is 11.0 Å². The Bertz CT molecular complexity index is 942. The van der Waals surface area contributed by atoms with Gasteiger partial charge in [0.05, 0.1) is 0 Å². The SMILES string of the molecule is O=C(Nc1ccnc(=O)[nH]1)c1cc2ccccc2oc1=O. The van der Waals surface area contributed by atoms with Crippen LogP contribution in [0.1, 0.15) is 10.4 Å². The number of hydrogen-bond donors (Lipinski definition) is 2. The van der Waals surface area contributed by atoms with Crippen LogP contribution in [0.2, 0.25) is 0 Å². The van der Waals surface area contributed by atoms with Gasteiger partial charge in [-0.1, -0.05) is 18.2 Å².